The number of carbonyl (C=O) groups excluding carboxylic acids is 1. The van der Waals surface area contributed by atoms with Crippen LogP contribution in [0.1, 0.15) is 53.3 Å². The highest BCUT2D eigenvalue weighted by molar-refractivity contribution is 7.91. The molecule has 1 aromatic rings. The smallest absolute Gasteiger partial charge is 0.332 e. The zero-order chi connectivity index (χ0) is 34.7. The van der Waals surface area contributed by atoms with Crippen molar-refractivity contribution in [3.8, 4) is 0 Å². The molecule has 2 aliphatic heterocycles. The molecule has 16 heteroatoms. The Morgan fingerprint density at radius 3 is 2.16 bits per heavy atom. The van der Waals surface area contributed by atoms with E-state index in [1.54, 1.807) is 6.92 Å². The Bertz CT molecular complexity index is 1630. The van der Waals surface area contributed by atoms with E-state index < -0.39 is 72.9 Å². The van der Waals surface area contributed by atoms with Gasteiger partial charge in [0.05, 0.1) is 19.4 Å². The second-order valence-corrected chi connectivity index (χ2v) is 25.8. The molecule has 0 radical (unpaired) electrons. The van der Waals surface area contributed by atoms with Gasteiger partial charge in [-0.25, -0.2) is 13.8 Å². The van der Waals surface area contributed by atoms with E-state index in [9.17, 15) is 22.8 Å². The van der Waals surface area contributed by atoms with Crippen LogP contribution in [0.4, 0.5) is 0 Å². The SMILES string of the molecule is COC(=O)/C=C/C1=C(N)[C@@]2(OS1(=O)=O)[C@@H](CO[Si](C)(C)C(C)(C)C)O[C@@H](n1cc(C)c(=O)n(C)c1=O)[C@@H]2O[Si](C)(C)C(C)(C)C. The minimum Gasteiger partial charge on any atom is -0.466 e. The van der Waals surface area contributed by atoms with Crippen molar-refractivity contribution in [1.29, 1.82) is 0 Å². The van der Waals surface area contributed by atoms with E-state index in [0.29, 0.717) is 0 Å². The van der Waals surface area contributed by atoms with Gasteiger partial charge < -0.3 is 24.1 Å². The molecule has 1 aromatic heterocycles. The number of rotatable bonds is 8. The van der Waals surface area contributed by atoms with Gasteiger partial charge >= 0.3 is 11.7 Å². The molecule has 0 unspecified atom stereocenters. The molecule has 2 aliphatic rings. The Morgan fingerprint density at radius 1 is 1.09 bits per heavy atom. The highest BCUT2D eigenvalue weighted by Gasteiger charge is 2.68. The number of allylic oxidation sites excluding steroid dienone is 1. The minimum absolute atomic E-state index is 0.145. The third-order valence-electron chi connectivity index (χ3n) is 9.63. The summed E-state index contributed by atoms with van der Waals surface area (Å²) in [7, 11) is -7.32. The van der Waals surface area contributed by atoms with E-state index in [2.05, 4.69) is 25.5 Å². The summed E-state index contributed by atoms with van der Waals surface area (Å²) in [5.74, 6) is -0.800. The second-order valence-electron chi connectivity index (χ2n) is 14.7. The molecule has 3 heterocycles. The maximum atomic E-state index is 13.7. The monoisotopic (exact) mass is 687 g/mol. The van der Waals surface area contributed by atoms with Gasteiger partial charge in [0, 0.05) is 24.9 Å². The van der Waals surface area contributed by atoms with Gasteiger partial charge in [-0.15, -0.1) is 0 Å². The quantitative estimate of drug-likeness (QED) is 0.185. The highest BCUT2D eigenvalue weighted by atomic mass is 32.2. The number of hydrogen-bond donors (Lipinski definition) is 1. The number of aryl methyl sites for hydroxylation is 1. The van der Waals surface area contributed by atoms with Crippen molar-refractivity contribution in [2.24, 2.45) is 12.8 Å². The summed E-state index contributed by atoms with van der Waals surface area (Å²) in [5, 5.41) is -0.582. The lowest BCUT2D eigenvalue weighted by Gasteiger charge is -2.43. The van der Waals surface area contributed by atoms with Crippen molar-refractivity contribution in [2.45, 2.75) is 109 Å². The lowest BCUT2D eigenvalue weighted by atomic mass is 9.88. The molecule has 0 aromatic carbocycles. The first-order valence-electron chi connectivity index (χ1n) is 14.7. The van der Waals surface area contributed by atoms with Crippen LogP contribution in [0.3, 0.4) is 0 Å². The van der Waals surface area contributed by atoms with Gasteiger partial charge in [-0.1, -0.05) is 41.5 Å². The first-order chi connectivity index (χ1) is 20.2. The van der Waals surface area contributed by atoms with Crippen molar-refractivity contribution in [3.05, 3.63) is 55.4 Å². The average Bonchev–Trinajstić information content (AvgIpc) is 3.29. The first-order valence-corrected chi connectivity index (χ1v) is 22.0. The molecule has 0 amide bonds. The van der Waals surface area contributed by atoms with Crippen molar-refractivity contribution >= 4 is 32.7 Å². The Labute approximate surface area is 267 Å². The van der Waals surface area contributed by atoms with Crippen LogP contribution < -0.4 is 17.0 Å². The summed E-state index contributed by atoms with van der Waals surface area (Å²) in [6.07, 6.45) is -0.432. The number of nitrogens with two attached hydrogens (primary N) is 1. The van der Waals surface area contributed by atoms with Crippen LogP contribution in [-0.4, -0.2) is 71.7 Å². The zero-order valence-electron chi connectivity index (χ0n) is 28.6. The maximum Gasteiger partial charge on any atom is 0.332 e. The molecule has 2 N–H and O–H groups in total. The Hall–Kier alpha value is -2.35. The predicted octanol–water partition coefficient (Wildman–Crippen LogP) is 3.16. The number of esters is 1. The first kappa shape index (κ1) is 37.1. The van der Waals surface area contributed by atoms with E-state index in [4.69, 9.17) is 23.5 Å². The molecule has 3 rings (SSSR count). The summed E-state index contributed by atoms with van der Waals surface area (Å²) in [6.45, 7) is 21.6. The molecular weight excluding hydrogens is 639 g/mol. The van der Waals surface area contributed by atoms with Crippen LogP contribution in [0.2, 0.25) is 36.3 Å². The molecule has 0 bridgehead atoms. The summed E-state index contributed by atoms with van der Waals surface area (Å²) in [6, 6.07) is 0. The molecule has 254 valence electrons. The van der Waals surface area contributed by atoms with Gasteiger partial charge in [-0.05, 0) is 49.3 Å². The lowest BCUT2D eigenvalue weighted by molar-refractivity contribution is -0.134. The number of hydrogen-bond acceptors (Lipinski definition) is 11. The summed E-state index contributed by atoms with van der Waals surface area (Å²) < 4.78 is 60.3. The topological polar surface area (TPSA) is 167 Å². The standard InChI is InChI=1S/C29H49N3O10SSi2/c1-18-16-32(26(35)31(8)24(18)34)25-23(41-45(12,13)28(5,6)7)29(20(40-25)17-39-44(10,11)27(2,3)4)22(30)19(43(36,37)42-29)14-15-21(33)38-9/h14-16,20,23,25H,17,30H2,1-13H3/b15-14+/t20-,23+,25-,29+/m1/s1. The molecule has 1 fully saturated rings. The molecule has 45 heavy (non-hydrogen) atoms. The molecular formula is C29H49N3O10SSi2. The van der Waals surface area contributed by atoms with Crippen molar-refractivity contribution < 1.29 is 35.7 Å². The normalized spacial score (nSPS) is 25.9. The summed E-state index contributed by atoms with van der Waals surface area (Å²) in [4.78, 5) is 37.7. The molecule has 1 spiro atoms. The third kappa shape index (κ3) is 6.60. The van der Waals surface area contributed by atoms with Gasteiger partial charge in [-0.2, -0.15) is 8.42 Å². The molecule has 0 saturated carbocycles. The lowest BCUT2D eigenvalue weighted by Crippen LogP contribution is -2.59. The fourth-order valence-corrected chi connectivity index (χ4v) is 8.38. The number of methoxy groups -OCH3 is 1. The maximum absolute atomic E-state index is 13.7. The largest absolute Gasteiger partial charge is 0.466 e. The van der Waals surface area contributed by atoms with Crippen LogP contribution in [0.25, 0.3) is 0 Å². The zero-order valence-corrected chi connectivity index (χ0v) is 31.5. The van der Waals surface area contributed by atoms with Crippen LogP contribution in [0.15, 0.2) is 38.5 Å². The number of carbonyl (C=O) groups is 1. The van der Waals surface area contributed by atoms with Gasteiger partial charge in [0.25, 0.3) is 15.7 Å². The number of aromatic nitrogens is 2. The van der Waals surface area contributed by atoms with Crippen LogP contribution >= 0.6 is 0 Å². The molecule has 13 nitrogen and oxygen atoms in total. The fraction of sp³-hybridized carbons (Fsp3) is 0.690. The predicted molar refractivity (Wildman–Crippen MR) is 175 cm³/mol. The van der Waals surface area contributed by atoms with E-state index in [-0.39, 0.29) is 27.9 Å². The molecule has 4 atom stereocenters. The van der Waals surface area contributed by atoms with E-state index >= 15 is 0 Å². The Balaban J connectivity index is 2.41. The van der Waals surface area contributed by atoms with Crippen LogP contribution in [-0.2, 0) is 44.5 Å². The van der Waals surface area contributed by atoms with Crippen molar-refractivity contribution in [2.75, 3.05) is 13.7 Å². The van der Waals surface area contributed by atoms with Gasteiger partial charge in [-0.3, -0.25) is 13.9 Å². The second kappa shape index (κ2) is 12.0. The fourth-order valence-electron chi connectivity index (χ4n) is 4.69. The molecule has 0 aliphatic carbocycles. The van der Waals surface area contributed by atoms with Crippen molar-refractivity contribution in [1.82, 2.24) is 9.13 Å². The average molecular weight is 688 g/mol. The van der Waals surface area contributed by atoms with Crippen LogP contribution in [0.5, 0.6) is 0 Å². The van der Waals surface area contributed by atoms with E-state index in [0.717, 1.165) is 23.8 Å². The summed E-state index contributed by atoms with van der Waals surface area (Å²) >= 11 is 0. The summed E-state index contributed by atoms with van der Waals surface area (Å²) in [5.41, 5.74) is 3.57. The third-order valence-corrected chi connectivity index (χ3v) is 20.0. The van der Waals surface area contributed by atoms with Gasteiger partial charge in [0.2, 0.25) is 0 Å². The molecule has 1 saturated heterocycles. The van der Waals surface area contributed by atoms with Gasteiger partial charge in [0.15, 0.2) is 28.5 Å². The Morgan fingerprint density at radius 2 is 1.64 bits per heavy atom. The van der Waals surface area contributed by atoms with E-state index in [1.165, 1.54) is 17.8 Å². The Kier molecular flexibility index (Phi) is 9.92. The van der Waals surface area contributed by atoms with Crippen molar-refractivity contribution in [3.63, 3.8) is 0 Å². The van der Waals surface area contributed by atoms with Crippen LogP contribution in [0, 0.1) is 6.92 Å². The van der Waals surface area contributed by atoms with E-state index in [1.807, 2.05) is 47.0 Å². The number of nitrogens with zero attached hydrogens (tertiary/aromatic N) is 2. The highest BCUT2D eigenvalue weighted by Crippen LogP contribution is 2.53. The van der Waals surface area contributed by atoms with Gasteiger partial charge in [0.1, 0.15) is 17.1 Å². The number of ether oxygens (including phenoxy) is 2. The minimum atomic E-state index is -4.58.